The molecule has 156 valence electrons. The van der Waals surface area contributed by atoms with Gasteiger partial charge in [-0.3, -0.25) is 4.79 Å². The lowest BCUT2D eigenvalue weighted by Crippen LogP contribution is -2.48. The van der Waals surface area contributed by atoms with Gasteiger partial charge in [0.1, 0.15) is 16.7 Å². The lowest BCUT2D eigenvalue weighted by Gasteiger charge is -2.32. The lowest BCUT2D eigenvalue weighted by atomic mass is 10.1. The molecule has 0 radical (unpaired) electrons. The van der Waals surface area contributed by atoms with Crippen LogP contribution in [0.1, 0.15) is 21.5 Å². The van der Waals surface area contributed by atoms with Crippen molar-refractivity contribution in [3.8, 4) is 5.75 Å². The van der Waals surface area contributed by atoms with E-state index in [1.54, 1.807) is 26.0 Å². The van der Waals surface area contributed by atoms with Gasteiger partial charge in [-0.25, -0.2) is 8.78 Å². The van der Waals surface area contributed by atoms with E-state index in [-0.39, 0.29) is 35.9 Å². The fourth-order valence-electron chi connectivity index (χ4n) is 3.00. The van der Waals surface area contributed by atoms with Crippen LogP contribution in [-0.4, -0.2) is 51.5 Å². The van der Waals surface area contributed by atoms with E-state index in [2.05, 4.69) is 0 Å². The molecular weight excluding hydrogens is 404 g/mol. The predicted molar refractivity (Wildman–Crippen MR) is 102 cm³/mol. The number of rotatable bonds is 5. The number of benzene rings is 2. The zero-order valence-electron chi connectivity index (χ0n) is 16.0. The van der Waals surface area contributed by atoms with Crippen LogP contribution in [0.4, 0.5) is 8.78 Å². The first-order chi connectivity index (χ1) is 13.7. The second kappa shape index (κ2) is 8.46. The summed E-state index contributed by atoms with van der Waals surface area (Å²) in [6, 6.07) is 10.6. The number of amides is 1. The quantitative estimate of drug-likeness (QED) is 0.688. The predicted octanol–water partition coefficient (Wildman–Crippen LogP) is 3.18. The lowest BCUT2D eigenvalue weighted by molar-refractivity contribution is -0.0942. The van der Waals surface area contributed by atoms with Gasteiger partial charge in [0.2, 0.25) is 0 Å². The zero-order valence-corrected chi connectivity index (χ0v) is 16.8. The third kappa shape index (κ3) is 4.91. The van der Waals surface area contributed by atoms with E-state index in [4.69, 9.17) is 8.92 Å². The molecule has 1 atom stereocenters. The molecule has 0 aromatic heterocycles. The van der Waals surface area contributed by atoms with Crippen LogP contribution in [0.2, 0.25) is 0 Å². The third-order valence-electron chi connectivity index (χ3n) is 4.58. The van der Waals surface area contributed by atoms with E-state index in [0.717, 1.165) is 5.56 Å². The summed E-state index contributed by atoms with van der Waals surface area (Å²) >= 11 is 0. The number of hydrogen-bond donors (Lipinski definition) is 0. The highest BCUT2D eigenvalue weighted by molar-refractivity contribution is 7.87. The summed E-state index contributed by atoms with van der Waals surface area (Å²) in [6.07, 6.45) is -3.98. The molecule has 1 heterocycles. The van der Waals surface area contributed by atoms with Gasteiger partial charge < -0.3 is 13.8 Å². The number of halogens is 2. The van der Waals surface area contributed by atoms with Gasteiger partial charge in [0.15, 0.2) is 0 Å². The first-order valence-corrected chi connectivity index (χ1v) is 10.4. The van der Waals surface area contributed by atoms with E-state index in [1.165, 1.54) is 35.2 Å². The molecule has 0 spiro atoms. The largest absolute Gasteiger partial charge is 0.379 e. The first kappa shape index (κ1) is 21.2. The molecular formula is C20H21F2NO5S. The molecule has 1 fully saturated rings. The van der Waals surface area contributed by atoms with Crippen LogP contribution in [0.15, 0.2) is 47.4 Å². The van der Waals surface area contributed by atoms with Gasteiger partial charge in [0.25, 0.3) is 12.3 Å². The van der Waals surface area contributed by atoms with Crippen LogP contribution in [0.25, 0.3) is 0 Å². The molecule has 9 heteroatoms. The van der Waals surface area contributed by atoms with Crippen LogP contribution in [0, 0.1) is 13.8 Å². The fourth-order valence-corrected chi connectivity index (χ4v) is 4.24. The van der Waals surface area contributed by atoms with Crippen LogP contribution < -0.4 is 4.18 Å². The summed E-state index contributed by atoms with van der Waals surface area (Å²) < 4.78 is 60.9. The number of carbonyl (C=O) groups is 1. The van der Waals surface area contributed by atoms with Gasteiger partial charge in [-0.15, -0.1) is 0 Å². The minimum Gasteiger partial charge on any atom is -0.379 e. The topological polar surface area (TPSA) is 72.9 Å². The monoisotopic (exact) mass is 425 g/mol. The van der Waals surface area contributed by atoms with Crippen molar-refractivity contribution in [2.45, 2.75) is 31.3 Å². The Balaban J connectivity index is 1.73. The van der Waals surface area contributed by atoms with Crippen LogP contribution >= 0.6 is 0 Å². The molecule has 3 rings (SSSR count). The van der Waals surface area contributed by atoms with Gasteiger partial charge in [0, 0.05) is 12.1 Å². The maximum Gasteiger partial charge on any atom is 0.339 e. The van der Waals surface area contributed by atoms with E-state index in [1.807, 2.05) is 0 Å². The smallest absolute Gasteiger partial charge is 0.339 e. The number of alkyl halides is 2. The summed E-state index contributed by atoms with van der Waals surface area (Å²) in [5.41, 5.74) is 1.59. The average molecular weight is 425 g/mol. The normalized spacial score (nSPS) is 17.4. The van der Waals surface area contributed by atoms with Gasteiger partial charge in [-0.05, 0) is 55.3 Å². The number of hydrogen-bond acceptors (Lipinski definition) is 5. The Morgan fingerprint density at radius 1 is 1.17 bits per heavy atom. The molecule has 2 aromatic rings. The van der Waals surface area contributed by atoms with Crippen molar-refractivity contribution in [1.82, 2.24) is 4.90 Å². The number of aryl methyl sites for hydroxylation is 2. The summed E-state index contributed by atoms with van der Waals surface area (Å²) in [6.45, 7) is 3.50. The Morgan fingerprint density at radius 3 is 2.52 bits per heavy atom. The number of ether oxygens (including phenoxy) is 1. The molecule has 29 heavy (non-hydrogen) atoms. The maximum absolute atomic E-state index is 12.8. The van der Waals surface area contributed by atoms with Crippen molar-refractivity contribution in [1.29, 1.82) is 0 Å². The van der Waals surface area contributed by atoms with Crippen molar-refractivity contribution in [2.24, 2.45) is 0 Å². The Bertz CT molecular complexity index is 992. The SMILES string of the molecule is Cc1ccc(C)c(S(=O)(=O)Oc2ccc(C(=O)N3CCOC(C(F)F)C3)cc2)c1. The Labute approximate surface area is 168 Å². The molecule has 1 saturated heterocycles. The second-order valence-electron chi connectivity index (χ2n) is 6.83. The van der Waals surface area contributed by atoms with E-state index in [0.29, 0.717) is 5.56 Å². The highest BCUT2D eigenvalue weighted by Crippen LogP contribution is 2.23. The molecule has 1 unspecified atom stereocenters. The maximum atomic E-state index is 12.8. The molecule has 0 saturated carbocycles. The molecule has 2 aromatic carbocycles. The second-order valence-corrected chi connectivity index (χ2v) is 8.34. The van der Waals surface area contributed by atoms with Crippen molar-refractivity contribution < 1.29 is 30.9 Å². The molecule has 0 N–H and O–H groups in total. The fraction of sp³-hybridized carbons (Fsp3) is 0.350. The summed E-state index contributed by atoms with van der Waals surface area (Å²) in [7, 11) is -4.03. The molecule has 1 aliphatic rings. The highest BCUT2D eigenvalue weighted by Gasteiger charge is 2.30. The Kier molecular flexibility index (Phi) is 6.18. The Morgan fingerprint density at radius 2 is 1.86 bits per heavy atom. The van der Waals surface area contributed by atoms with Gasteiger partial charge in [-0.1, -0.05) is 12.1 Å². The Hall–Kier alpha value is -2.52. The minimum absolute atomic E-state index is 0.0377. The highest BCUT2D eigenvalue weighted by atomic mass is 32.2. The third-order valence-corrected chi connectivity index (χ3v) is 5.97. The number of carbonyl (C=O) groups excluding carboxylic acids is 1. The van der Waals surface area contributed by atoms with Crippen LogP contribution in [0.3, 0.4) is 0 Å². The molecule has 1 amide bonds. The van der Waals surface area contributed by atoms with Crippen molar-refractivity contribution in [2.75, 3.05) is 19.7 Å². The zero-order chi connectivity index (χ0) is 21.2. The van der Waals surface area contributed by atoms with E-state index in [9.17, 15) is 22.0 Å². The van der Waals surface area contributed by atoms with Gasteiger partial charge in [0.05, 0.1) is 13.2 Å². The first-order valence-electron chi connectivity index (χ1n) is 8.98. The standard InChI is InChI=1S/C20H21F2NO5S/c1-13-3-4-14(2)18(11-13)29(25,26)28-16-7-5-15(6-8-16)20(24)23-9-10-27-17(12-23)19(21)22/h3-8,11,17,19H,9-10,12H2,1-2H3. The molecule has 1 aliphatic heterocycles. The van der Waals surface area contributed by atoms with Crippen molar-refractivity contribution in [3.05, 3.63) is 59.2 Å². The summed E-state index contributed by atoms with van der Waals surface area (Å²) in [5.74, 6) is -0.377. The molecule has 0 bridgehead atoms. The number of morpholine rings is 1. The van der Waals surface area contributed by atoms with Crippen LogP contribution in [0.5, 0.6) is 5.75 Å². The molecule has 6 nitrogen and oxygen atoms in total. The van der Waals surface area contributed by atoms with Crippen molar-refractivity contribution in [3.63, 3.8) is 0 Å². The number of nitrogens with zero attached hydrogens (tertiary/aromatic N) is 1. The average Bonchev–Trinajstić information content (AvgIpc) is 2.69. The van der Waals surface area contributed by atoms with Gasteiger partial charge in [-0.2, -0.15) is 8.42 Å². The molecule has 0 aliphatic carbocycles. The minimum atomic E-state index is -4.03. The summed E-state index contributed by atoms with van der Waals surface area (Å²) in [4.78, 5) is 13.9. The van der Waals surface area contributed by atoms with Crippen molar-refractivity contribution >= 4 is 16.0 Å². The van der Waals surface area contributed by atoms with E-state index < -0.39 is 28.6 Å². The van der Waals surface area contributed by atoms with E-state index >= 15 is 0 Å². The summed E-state index contributed by atoms with van der Waals surface area (Å²) in [5, 5.41) is 0. The van der Waals surface area contributed by atoms with Gasteiger partial charge >= 0.3 is 10.1 Å². The van der Waals surface area contributed by atoms with Crippen LogP contribution in [-0.2, 0) is 14.9 Å².